The second kappa shape index (κ2) is 5.07. The van der Waals surface area contributed by atoms with Crippen molar-refractivity contribution in [2.75, 3.05) is 7.11 Å². The van der Waals surface area contributed by atoms with Crippen molar-refractivity contribution in [1.82, 2.24) is 0 Å². The first-order valence-corrected chi connectivity index (χ1v) is 5.84. The lowest BCUT2D eigenvalue weighted by Gasteiger charge is -2.29. The van der Waals surface area contributed by atoms with E-state index in [2.05, 4.69) is 13.8 Å². The Balaban J connectivity index is 3.14. The molecule has 90 valence electrons. The highest BCUT2D eigenvalue weighted by molar-refractivity contribution is 6.30. The van der Waals surface area contributed by atoms with Gasteiger partial charge in [0.2, 0.25) is 0 Å². The Labute approximate surface area is 103 Å². The fraction of sp³-hybridized carbons (Fsp3) is 0.538. The van der Waals surface area contributed by atoms with Crippen molar-refractivity contribution < 1.29 is 4.74 Å². The van der Waals surface area contributed by atoms with E-state index in [9.17, 15) is 0 Å². The summed E-state index contributed by atoms with van der Waals surface area (Å²) >= 11 is 6.03. The zero-order valence-corrected chi connectivity index (χ0v) is 11.1. The SMILES string of the molecule is COc1ccc(Cl)cc1C(C)(C)CC(C)N. The van der Waals surface area contributed by atoms with Crippen molar-refractivity contribution in [1.29, 1.82) is 0 Å². The van der Waals surface area contributed by atoms with Gasteiger partial charge in [0.1, 0.15) is 5.75 Å². The molecule has 0 radical (unpaired) electrons. The lowest BCUT2D eigenvalue weighted by molar-refractivity contribution is 0.376. The summed E-state index contributed by atoms with van der Waals surface area (Å²) < 4.78 is 5.37. The lowest BCUT2D eigenvalue weighted by Crippen LogP contribution is -2.28. The predicted octanol–water partition coefficient (Wildman–Crippen LogP) is 3.36. The van der Waals surface area contributed by atoms with Crippen LogP contribution >= 0.6 is 11.6 Å². The Bertz CT molecular complexity index is 361. The maximum Gasteiger partial charge on any atom is 0.122 e. The normalized spacial score (nSPS) is 13.6. The molecule has 2 nitrogen and oxygen atoms in total. The van der Waals surface area contributed by atoms with E-state index in [0.717, 1.165) is 22.8 Å². The van der Waals surface area contributed by atoms with Gasteiger partial charge >= 0.3 is 0 Å². The summed E-state index contributed by atoms with van der Waals surface area (Å²) in [5, 5.41) is 0.730. The zero-order chi connectivity index (χ0) is 12.3. The molecule has 0 amide bonds. The molecule has 1 aromatic rings. The van der Waals surface area contributed by atoms with Crippen LogP contribution in [0.2, 0.25) is 5.02 Å². The zero-order valence-electron chi connectivity index (χ0n) is 10.4. The number of halogens is 1. The van der Waals surface area contributed by atoms with Gasteiger partial charge in [0.05, 0.1) is 7.11 Å². The minimum atomic E-state index is -0.0373. The Hall–Kier alpha value is -0.730. The van der Waals surface area contributed by atoms with Gasteiger partial charge in [0, 0.05) is 16.6 Å². The van der Waals surface area contributed by atoms with E-state index in [1.54, 1.807) is 7.11 Å². The number of hydrogen-bond donors (Lipinski definition) is 1. The van der Waals surface area contributed by atoms with E-state index < -0.39 is 0 Å². The number of benzene rings is 1. The van der Waals surface area contributed by atoms with Crippen molar-refractivity contribution in [3.63, 3.8) is 0 Å². The number of methoxy groups -OCH3 is 1. The fourth-order valence-electron chi connectivity index (χ4n) is 2.12. The van der Waals surface area contributed by atoms with Gasteiger partial charge in [-0.05, 0) is 37.0 Å². The molecule has 0 saturated carbocycles. The fourth-order valence-corrected chi connectivity index (χ4v) is 2.30. The molecule has 16 heavy (non-hydrogen) atoms. The van der Waals surface area contributed by atoms with Crippen LogP contribution in [0.25, 0.3) is 0 Å². The summed E-state index contributed by atoms with van der Waals surface area (Å²) in [5.41, 5.74) is 6.95. The molecule has 1 rings (SSSR count). The topological polar surface area (TPSA) is 35.2 Å². The molecule has 2 N–H and O–H groups in total. The second-order valence-corrected chi connectivity index (χ2v) is 5.35. The van der Waals surface area contributed by atoms with Gasteiger partial charge in [-0.15, -0.1) is 0 Å². The van der Waals surface area contributed by atoms with Crippen LogP contribution in [0.3, 0.4) is 0 Å². The second-order valence-electron chi connectivity index (χ2n) is 4.91. The lowest BCUT2D eigenvalue weighted by atomic mass is 9.79. The summed E-state index contributed by atoms with van der Waals surface area (Å²) in [4.78, 5) is 0. The minimum Gasteiger partial charge on any atom is -0.496 e. The van der Waals surface area contributed by atoms with E-state index in [1.165, 1.54) is 0 Å². The summed E-state index contributed by atoms with van der Waals surface area (Å²) in [5.74, 6) is 0.870. The molecule has 1 unspecified atom stereocenters. The van der Waals surface area contributed by atoms with Crippen molar-refractivity contribution in [2.45, 2.75) is 38.6 Å². The molecule has 3 heteroatoms. The molecule has 0 aliphatic carbocycles. The highest BCUT2D eigenvalue weighted by Gasteiger charge is 2.25. The third-order valence-corrected chi connectivity index (χ3v) is 2.96. The summed E-state index contributed by atoms with van der Waals surface area (Å²) in [7, 11) is 1.68. The number of ether oxygens (including phenoxy) is 1. The monoisotopic (exact) mass is 241 g/mol. The molecule has 0 heterocycles. The first kappa shape index (κ1) is 13.3. The van der Waals surface area contributed by atoms with E-state index in [4.69, 9.17) is 22.1 Å². The van der Waals surface area contributed by atoms with Crippen LogP contribution in [0.15, 0.2) is 18.2 Å². The van der Waals surface area contributed by atoms with Crippen LogP contribution in [0.1, 0.15) is 32.8 Å². The maximum absolute atomic E-state index is 6.03. The van der Waals surface area contributed by atoms with Gasteiger partial charge in [-0.2, -0.15) is 0 Å². The van der Waals surface area contributed by atoms with Crippen molar-refractivity contribution >= 4 is 11.6 Å². The Morgan fingerprint density at radius 1 is 1.44 bits per heavy atom. The van der Waals surface area contributed by atoms with Crippen LogP contribution in [-0.4, -0.2) is 13.2 Å². The quantitative estimate of drug-likeness (QED) is 0.877. The van der Waals surface area contributed by atoms with Gasteiger partial charge in [0.15, 0.2) is 0 Å². The number of rotatable bonds is 4. The summed E-state index contributed by atoms with van der Waals surface area (Å²) in [6, 6.07) is 5.86. The summed E-state index contributed by atoms with van der Waals surface area (Å²) in [6.45, 7) is 6.33. The Morgan fingerprint density at radius 2 is 2.06 bits per heavy atom. The largest absolute Gasteiger partial charge is 0.496 e. The highest BCUT2D eigenvalue weighted by atomic mass is 35.5. The van der Waals surface area contributed by atoms with Gasteiger partial charge in [-0.25, -0.2) is 0 Å². The third-order valence-electron chi connectivity index (χ3n) is 2.72. The Kier molecular flexibility index (Phi) is 4.22. The molecule has 1 aromatic carbocycles. The van der Waals surface area contributed by atoms with E-state index in [1.807, 2.05) is 25.1 Å². The molecule has 0 aliphatic heterocycles. The van der Waals surface area contributed by atoms with Crippen LogP contribution in [-0.2, 0) is 5.41 Å². The van der Waals surface area contributed by atoms with E-state index >= 15 is 0 Å². The van der Waals surface area contributed by atoms with Gasteiger partial charge in [-0.3, -0.25) is 0 Å². The van der Waals surface area contributed by atoms with Crippen LogP contribution < -0.4 is 10.5 Å². The minimum absolute atomic E-state index is 0.0373. The van der Waals surface area contributed by atoms with Crippen LogP contribution in [0.4, 0.5) is 0 Å². The number of hydrogen-bond acceptors (Lipinski definition) is 2. The molecule has 0 spiro atoms. The van der Waals surface area contributed by atoms with Crippen LogP contribution in [0.5, 0.6) is 5.75 Å². The third kappa shape index (κ3) is 3.13. The van der Waals surface area contributed by atoms with E-state index in [-0.39, 0.29) is 11.5 Å². The molecule has 0 fully saturated rings. The first-order chi connectivity index (χ1) is 7.36. The molecule has 0 saturated heterocycles. The molecular weight excluding hydrogens is 222 g/mol. The highest BCUT2D eigenvalue weighted by Crippen LogP contribution is 2.36. The van der Waals surface area contributed by atoms with E-state index in [0.29, 0.717) is 0 Å². The molecule has 0 aliphatic rings. The summed E-state index contributed by atoms with van der Waals surface area (Å²) in [6.07, 6.45) is 0.893. The van der Waals surface area contributed by atoms with Crippen molar-refractivity contribution in [2.24, 2.45) is 5.73 Å². The predicted molar refractivity (Wildman–Crippen MR) is 69.3 cm³/mol. The molecule has 0 bridgehead atoms. The molecule has 0 aromatic heterocycles. The Morgan fingerprint density at radius 3 is 2.56 bits per heavy atom. The average molecular weight is 242 g/mol. The van der Waals surface area contributed by atoms with Crippen molar-refractivity contribution in [3.05, 3.63) is 28.8 Å². The maximum atomic E-state index is 6.03. The number of nitrogens with two attached hydrogens (primary N) is 1. The smallest absolute Gasteiger partial charge is 0.122 e. The molecule has 1 atom stereocenters. The van der Waals surface area contributed by atoms with Crippen LogP contribution in [0, 0.1) is 0 Å². The van der Waals surface area contributed by atoms with Crippen molar-refractivity contribution in [3.8, 4) is 5.75 Å². The van der Waals surface area contributed by atoms with Gasteiger partial charge in [-0.1, -0.05) is 25.4 Å². The van der Waals surface area contributed by atoms with Gasteiger partial charge in [0.25, 0.3) is 0 Å². The first-order valence-electron chi connectivity index (χ1n) is 5.46. The van der Waals surface area contributed by atoms with Gasteiger partial charge < -0.3 is 10.5 Å². The molecular formula is C13H20ClNO. The standard InChI is InChI=1S/C13H20ClNO/c1-9(15)8-13(2,3)11-7-10(14)5-6-12(11)16-4/h5-7,9H,8,15H2,1-4H3. The average Bonchev–Trinajstić information content (AvgIpc) is 2.15.